The van der Waals surface area contributed by atoms with E-state index in [9.17, 15) is 8.42 Å². The Bertz CT molecular complexity index is 733. The zero-order valence-corrected chi connectivity index (χ0v) is 14.8. The van der Waals surface area contributed by atoms with Crippen LogP contribution in [-0.2, 0) is 10.0 Å². The molecule has 0 atom stereocenters. The highest BCUT2D eigenvalue weighted by molar-refractivity contribution is 7.91. The molecule has 1 aromatic heterocycles. The molecule has 2 rings (SSSR count). The van der Waals surface area contributed by atoms with E-state index >= 15 is 0 Å². The molecule has 0 aliphatic carbocycles. The van der Waals surface area contributed by atoms with Gasteiger partial charge in [-0.1, -0.05) is 0 Å². The molecule has 2 aromatic rings. The zero-order chi connectivity index (χ0) is 16.9. The molecule has 1 N–H and O–H groups in total. The fourth-order valence-electron chi connectivity index (χ4n) is 1.84. The van der Waals surface area contributed by atoms with Crippen molar-refractivity contribution in [2.45, 2.75) is 11.1 Å². The van der Waals surface area contributed by atoms with Gasteiger partial charge in [-0.05, 0) is 19.1 Å². The number of hydrogen-bond acceptors (Lipinski definition) is 6. The predicted molar refractivity (Wildman–Crippen MR) is 89.3 cm³/mol. The number of ether oxygens (including phenoxy) is 3. The standard InChI is InChI=1S/C15H19NO5S2/c1-11-4-5-15(22-11)23(17,18)16-6-7-21-14-9-12(19-2)8-13(10-14)20-3/h4-5,8-10,16H,6-7H2,1-3H3. The van der Waals surface area contributed by atoms with Crippen LogP contribution < -0.4 is 18.9 Å². The monoisotopic (exact) mass is 357 g/mol. The number of aryl methyl sites for hydroxylation is 1. The van der Waals surface area contributed by atoms with Gasteiger partial charge in [0.25, 0.3) is 0 Å². The van der Waals surface area contributed by atoms with E-state index in [2.05, 4.69) is 4.72 Å². The zero-order valence-electron chi connectivity index (χ0n) is 13.2. The number of hydrogen-bond donors (Lipinski definition) is 1. The van der Waals surface area contributed by atoms with Gasteiger partial charge in [0.15, 0.2) is 0 Å². The molecule has 0 unspecified atom stereocenters. The van der Waals surface area contributed by atoms with Crippen molar-refractivity contribution in [3.63, 3.8) is 0 Å². The molecule has 6 nitrogen and oxygen atoms in total. The summed E-state index contributed by atoms with van der Waals surface area (Å²) in [4.78, 5) is 0.949. The van der Waals surface area contributed by atoms with Crippen molar-refractivity contribution in [1.29, 1.82) is 0 Å². The van der Waals surface area contributed by atoms with Crippen LogP contribution >= 0.6 is 11.3 Å². The highest BCUT2D eigenvalue weighted by Crippen LogP contribution is 2.27. The van der Waals surface area contributed by atoms with E-state index in [0.717, 1.165) is 4.88 Å². The molecule has 23 heavy (non-hydrogen) atoms. The quantitative estimate of drug-likeness (QED) is 0.735. The van der Waals surface area contributed by atoms with Crippen LogP contribution in [0.5, 0.6) is 17.2 Å². The Morgan fingerprint density at radius 2 is 1.65 bits per heavy atom. The van der Waals surface area contributed by atoms with Crippen molar-refractivity contribution < 1.29 is 22.6 Å². The van der Waals surface area contributed by atoms with Crippen LogP contribution in [0.3, 0.4) is 0 Å². The van der Waals surface area contributed by atoms with E-state index in [1.54, 1.807) is 44.6 Å². The molecule has 0 aliphatic rings. The van der Waals surface area contributed by atoms with Crippen molar-refractivity contribution in [2.24, 2.45) is 0 Å². The van der Waals surface area contributed by atoms with Gasteiger partial charge in [-0.2, -0.15) is 0 Å². The summed E-state index contributed by atoms with van der Waals surface area (Å²) in [7, 11) is -0.378. The fourth-order valence-corrected chi connectivity index (χ4v) is 4.18. The largest absolute Gasteiger partial charge is 0.496 e. The average Bonchev–Trinajstić information content (AvgIpc) is 2.98. The Morgan fingerprint density at radius 3 is 2.17 bits per heavy atom. The summed E-state index contributed by atoms with van der Waals surface area (Å²) in [6.45, 7) is 2.22. The van der Waals surface area contributed by atoms with Crippen LogP contribution in [0.25, 0.3) is 0 Å². The van der Waals surface area contributed by atoms with E-state index < -0.39 is 10.0 Å². The fraction of sp³-hybridized carbons (Fsp3) is 0.333. The third-order valence-electron chi connectivity index (χ3n) is 2.97. The second-order valence-electron chi connectivity index (χ2n) is 4.66. The molecule has 0 aliphatic heterocycles. The van der Waals surface area contributed by atoms with E-state index in [0.29, 0.717) is 21.5 Å². The highest BCUT2D eigenvalue weighted by Gasteiger charge is 2.15. The molecule has 8 heteroatoms. The minimum Gasteiger partial charge on any atom is -0.496 e. The Labute approximate surface area is 140 Å². The van der Waals surface area contributed by atoms with Gasteiger partial charge in [-0.3, -0.25) is 0 Å². The molecular formula is C15H19NO5S2. The number of benzene rings is 1. The van der Waals surface area contributed by atoms with Gasteiger partial charge in [0.2, 0.25) is 10.0 Å². The summed E-state index contributed by atoms with van der Waals surface area (Å²) in [5.74, 6) is 1.76. The Kier molecular flexibility index (Phi) is 5.86. The molecular weight excluding hydrogens is 338 g/mol. The van der Waals surface area contributed by atoms with E-state index in [1.165, 1.54) is 11.3 Å². The lowest BCUT2D eigenvalue weighted by atomic mass is 10.3. The van der Waals surface area contributed by atoms with Gasteiger partial charge in [0, 0.05) is 29.6 Å². The molecule has 0 bridgehead atoms. The Balaban J connectivity index is 1.90. The molecule has 126 valence electrons. The third-order valence-corrected chi connectivity index (χ3v) is 5.92. The van der Waals surface area contributed by atoms with Crippen LogP contribution in [0.4, 0.5) is 0 Å². The van der Waals surface area contributed by atoms with Crippen molar-refractivity contribution in [3.05, 3.63) is 35.2 Å². The highest BCUT2D eigenvalue weighted by atomic mass is 32.2. The molecule has 0 amide bonds. The predicted octanol–water partition coefficient (Wildman–Crippen LogP) is 2.43. The number of nitrogens with one attached hydrogen (secondary N) is 1. The van der Waals surface area contributed by atoms with Crippen molar-refractivity contribution in [1.82, 2.24) is 4.72 Å². The number of rotatable bonds is 8. The number of sulfonamides is 1. The van der Waals surface area contributed by atoms with Crippen LogP contribution in [0.1, 0.15) is 4.88 Å². The molecule has 0 radical (unpaired) electrons. The van der Waals surface area contributed by atoms with Gasteiger partial charge in [-0.15, -0.1) is 11.3 Å². The molecule has 1 heterocycles. The van der Waals surface area contributed by atoms with Crippen molar-refractivity contribution >= 4 is 21.4 Å². The topological polar surface area (TPSA) is 73.9 Å². The first kappa shape index (κ1) is 17.6. The summed E-state index contributed by atoms with van der Waals surface area (Å²) in [6, 6.07) is 8.52. The number of methoxy groups -OCH3 is 2. The smallest absolute Gasteiger partial charge is 0.250 e. The van der Waals surface area contributed by atoms with E-state index in [-0.39, 0.29) is 13.2 Å². The third kappa shape index (κ3) is 4.85. The lowest BCUT2D eigenvalue weighted by Crippen LogP contribution is -2.27. The van der Waals surface area contributed by atoms with Crippen LogP contribution in [0.2, 0.25) is 0 Å². The van der Waals surface area contributed by atoms with Crippen LogP contribution in [0.15, 0.2) is 34.5 Å². The van der Waals surface area contributed by atoms with Crippen LogP contribution in [-0.4, -0.2) is 35.8 Å². The molecule has 0 saturated carbocycles. The first-order chi connectivity index (χ1) is 10.9. The maximum atomic E-state index is 12.1. The van der Waals surface area contributed by atoms with Crippen LogP contribution in [0, 0.1) is 6.92 Å². The van der Waals surface area contributed by atoms with Gasteiger partial charge in [0.1, 0.15) is 28.1 Å². The second kappa shape index (κ2) is 7.67. The van der Waals surface area contributed by atoms with Gasteiger partial charge in [0.05, 0.1) is 14.2 Å². The first-order valence-electron chi connectivity index (χ1n) is 6.86. The maximum Gasteiger partial charge on any atom is 0.250 e. The van der Waals surface area contributed by atoms with Gasteiger partial charge < -0.3 is 14.2 Å². The molecule has 0 saturated heterocycles. The number of thiophene rings is 1. The summed E-state index contributed by atoms with van der Waals surface area (Å²) in [5, 5.41) is 0. The Hall–Kier alpha value is -1.77. The van der Waals surface area contributed by atoms with Gasteiger partial charge in [-0.25, -0.2) is 13.1 Å². The lowest BCUT2D eigenvalue weighted by Gasteiger charge is -2.10. The normalized spacial score (nSPS) is 11.3. The molecule has 0 spiro atoms. The molecule has 0 fully saturated rings. The SMILES string of the molecule is COc1cc(OC)cc(OCCNS(=O)(=O)c2ccc(C)s2)c1. The van der Waals surface area contributed by atoms with Crippen molar-refractivity contribution in [3.8, 4) is 17.2 Å². The summed E-state index contributed by atoms with van der Waals surface area (Å²) in [6.07, 6.45) is 0. The summed E-state index contributed by atoms with van der Waals surface area (Å²) >= 11 is 1.23. The lowest BCUT2D eigenvalue weighted by molar-refractivity contribution is 0.316. The average molecular weight is 357 g/mol. The molecule has 1 aromatic carbocycles. The summed E-state index contributed by atoms with van der Waals surface area (Å²) < 4.78 is 42.8. The Morgan fingerprint density at radius 1 is 1.04 bits per heavy atom. The van der Waals surface area contributed by atoms with E-state index in [1.807, 2.05) is 6.92 Å². The minimum absolute atomic E-state index is 0.165. The van der Waals surface area contributed by atoms with Gasteiger partial charge >= 0.3 is 0 Å². The van der Waals surface area contributed by atoms with Crippen molar-refractivity contribution in [2.75, 3.05) is 27.4 Å². The first-order valence-corrected chi connectivity index (χ1v) is 9.16. The minimum atomic E-state index is -3.48. The van der Waals surface area contributed by atoms with E-state index in [4.69, 9.17) is 14.2 Å². The summed E-state index contributed by atoms with van der Waals surface area (Å²) in [5.41, 5.74) is 0. The second-order valence-corrected chi connectivity index (χ2v) is 7.94. The maximum absolute atomic E-state index is 12.1.